The quantitative estimate of drug-likeness (QED) is 0.794. The number of hydrogen-bond donors (Lipinski definition) is 3. The molecule has 1 unspecified atom stereocenters. The fourth-order valence-corrected chi connectivity index (χ4v) is 2.60. The molecule has 1 aromatic rings. The first-order valence-corrected chi connectivity index (χ1v) is 6.90. The van der Waals surface area contributed by atoms with Gasteiger partial charge in [-0.15, -0.1) is 0 Å². The van der Waals surface area contributed by atoms with Crippen molar-refractivity contribution in [2.24, 2.45) is 5.41 Å². The van der Waals surface area contributed by atoms with Gasteiger partial charge < -0.3 is 15.7 Å². The number of carbonyl (C=O) groups excluding carboxylic acids is 1. The van der Waals surface area contributed by atoms with Gasteiger partial charge in [-0.3, -0.25) is 4.79 Å². The van der Waals surface area contributed by atoms with Crippen molar-refractivity contribution in [3.63, 3.8) is 0 Å². The lowest BCUT2D eigenvalue weighted by molar-refractivity contribution is 0.0925. The topological polar surface area (TPSA) is 61.4 Å². The van der Waals surface area contributed by atoms with Crippen molar-refractivity contribution in [1.29, 1.82) is 0 Å². The van der Waals surface area contributed by atoms with Gasteiger partial charge in [0, 0.05) is 18.7 Å². The number of amides is 1. The molecule has 5 heteroatoms. The molecule has 110 valence electrons. The maximum Gasteiger partial charge on any atom is 0.254 e. The second-order valence-corrected chi connectivity index (χ2v) is 5.97. The van der Waals surface area contributed by atoms with Gasteiger partial charge in [-0.2, -0.15) is 0 Å². The first-order chi connectivity index (χ1) is 9.40. The molecule has 1 heterocycles. The first-order valence-electron chi connectivity index (χ1n) is 6.90. The highest BCUT2D eigenvalue weighted by Gasteiger charge is 2.32. The average molecular weight is 280 g/mol. The summed E-state index contributed by atoms with van der Waals surface area (Å²) in [4.78, 5) is 12.0. The molecule has 0 aliphatic carbocycles. The summed E-state index contributed by atoms with van der Waals surface area (Å²) in [5.41, 5.74) is 0.0652. The monoisotopic (exact) mass is 280 g/mol. The molecule has 1 saturated heterocycles. The lowest BCUT2D eigenvalue weighted by Crippen LogP contribution is -2.52. The number of phenolic OH excluding ortho intramolecular Hbond substituents is 1. The Morgan fingerprint density at radius 2 is 2.30 bits per heavy atom. The van der Waals surface area contributed by atoms with Gasteiger partial charge in [-0.25, -0.2) is 4.39 Å². The molecule has 1 atom stereocenters. The SMILES string of the molecule is CC1(C)CCCNC1CNC(=O)c1ccc(O)cc1F. The van der Waals surface area contributed by atoms with E-state index in [2.05, 4.69) is 24.5 Å². The summed E-state index contributed by atoms with van der Waals surface area (Å²) in [6, 6.07) is 3.72. The van der Waals surface area contributed by atoms with Gasteiger partial charge in [-0.05, 0) is 36.9 Å². The normalized spacial score (nSPS) is 21.4. The fraction of sp³-hybridized carbons (Fsp3) is 0.533. The van der Waals surface area contributed by atoms with Gasteiger partial charge in [0.05, 0.1) is 5.56 Å². The Balaban J connectivity index is 1.98. The van der Waals surface area contributed by atoms with Crippen LogP contribution < -0.4 is 10.6 Å². The van der Waals surface area contributed by atoms with Crippen LogP contribution >= 0.6 is 0 Å². The van der Waals surface area contributed by atoms with Crippen molar-refractivity contribution < 1.29 is 14.3 Å². The van der Waals surface area contributed by atoms with E-state index < -0.39 is 11.7 Å². The van der Waals surface area contributed by atoms with E-state index in [9.17, 15) is 9.18 Å². The lowest BCUT2D eigenvalue weighted by Gasteiger charge is -2.39. The van der Waals surface area contributed by atoms with Crippen LogP contribution in [0.25, 0.3) is 0 Å². The van der Waals surface area contributed by atoms with E-state index >= 15 is 0 Å². The second kappa shape index (κ2) is 5.79. The lowest BCUT2D eigenvalue weighted by atomic mass is 9.77. The van der Waals surface area contributed by atoms with Crippen LogP contribution in [0.4, 0.5) is 4.39 Å². The molecule has 4 nitrogen and oxygen atoms in total. The number of hydrogen-bond acceptors (Lipinski definition) is 3. The molecule has 1 aliphatic rings. The maximum atomic E-state index is 13.6. The molecule has 3 N–H and O–H groups in total. The van der Waals surface area contributed by atoms with E-state index in [-0.39, 0.29) is 22.8 Å². The molecular weight excluding hydrogens is 259 g/mol. The van der Waals surface area contributed by atoms with E-state index in [4.69, 9.17) is 5.11 Å². The average Bonchev–Trinajstić information content (AvgIpc) is 2.36. The van der Waals surface area contributed by atoms with Crippen molar-refractivity contribution in [2.45, 2.75) is 32.7 Å². The zero-order valence-corrected chi connectivity index (χ0v) is 11.9. The highest BCUT2D eigenvalue weighted by atomic mass is 19.1. The first kappa shape index (κ1) is 14.8. The van der Waals surface area contributed by atoms with E-state index in [1.165, 1.54) is 12.1 Å². The second-order valence-electron chi connectivity index (χ2n) is 5.97. The molecule has 0 aromatic heterocycles. The number of nitrogens with one attached hydrogen (secondary N) is 2. The van der Waals surface area contributed by atoms with E-state index in [1.54, 1.807) is 0 Å². The van der Waals surface area contributed by atoms with Crippen LogP contribution in [0, 0.1) is 11.2 Å². The van der Waals surface area contributed by atoms with Crippen molar-refractivity contribution in [3.8, 4) is 5.75 Å². The molecular formula is C15H21FN2O2. The third-order valence-corrected chi connectivity index (χ3v) is 4.00. The Labute approximate surface area is 118 Å². The van der Waals surface area contributed by atoms with Gasteiger partial charge in [-0.1, -0.05) is 13.8 Å². The minimum atomic E-state index is -0.710. The molecule has 1 fully saturated rings. The van der Waals surface area contributed by atoms with Crippen molar-refractivity contribution >= 4 is 5.91 Å². The van der Waals surface area contributed by atoms with Gasteiger partial charge in [0.15, 0.2) is 0 Å². The summed E-state index contributed by atoms with van der Waals surface area (Å²) in [6.07, 6.45) is 2.23. The summed E-state index contributed by atoms with van der Waals surface area (Å²) in [5, 5.41) is 15.3. The zero-order valence-electron chi connectivity index (χ0n) is 11.9. The van der Waals surface area contributed by atoms with Crippen LogP contribution in [0.2, 0.25) is 0 Å². The minimum Gasteiger partial charge on any atom is -0.508 e. The Morgan fingerprint density at radius 1 is 1.55 bits per heavy atom. The van der Waals surface area contributed by atoms with E-state index in [0.29, 0.717) is 6.54 Å². The summed E-state index contributed by atoms with van der Waals surface area (Å²) in [6.45, 7) is 5.73. The molecule has 0 saturated carbocycles. The minimum absolute atomic E-state index is 0.0450. The highest BCUT2D eigenvalue weighted by Crippen LogP contribution is 2.29. The molecule has 0 spiro atoms. The predicted molar refractivity (Wildman–Crippen MR) is 75.2 cm³/mol. The molecule has 0 radical (unpaired) electrons. The number of aromatic hydroxyl groups is 1. The predicted octanol–water partition coefficient (Wildman–Crippen LogP) is 2.04. The van der Waals surface area contributed by atoms with Crippen molar-refractivity contribution in [2.75, 3.05) is 13.1 Å². The number of halogens is 1. The summed E-state index contributed by atoms with van der Waals surface area (Å²) >= 11 is 0. The molecule has 0 bridgehead atoms. The third kappa shape index (κ3) is 3.28. The number of piperidine rings is 1. The Morgan fingerprint density at radius 3 is 2.95 bits per heavy atom. The zero-order chi connectivity index (χ0) is 14.8. The Bertz CT molecular complexity index is 503. The highest BCUT2D eigenvalue weighted by molar-refractivity contribution is 5.94. The van der Waals surface area contributed by atoms with Gasteiger partial charge >= 0.3 is 0 Å². The third-order valence-electron chi connectivity index (χ3n) is 4.00. The fourth-order valence-electron chi connectivity index (χ4n) is 2.60. The van der Waals surface area contributed by atoms with Crippen molar-refractivity contribution in [1.82, 2.24) is 10.6 Å². The van der Waals surface area contributed by atoms with Crippen LogP contribution in [0.5, 0.6) is 5.75 Å². The van der Waals surface area contributed by atoms with Gasteiger partial charge in [0.1, 0.15) is 11.6 Å². The van der Waals surface area contributed by atoms with E-state index in [1.807, 2.05) is 0 Å². The standard InChI is InChI=1S/C15H21FN2O2/c1-15(2)6-3-7-17-13(15)9-18-14(20)11-5-4-10(19)8-12(11)16/h4-5,8,13,17,19H,3,6-7,9H2,1-2H3,(H,18,20). The summed E-state index contributed by atoms with van der Waals surface area (Å²) in [7, 11) is 0. The van der Waals surface area contributed by atoms with Crippen LogP contribution in [-0.2, 0) is 0 Å². The number of phenols is 1. The maximum absolute atomic E-state index is 13.6. The molecule has 1 aliphatic heterocycles. The van der Waals surface area contributed by atoms with E-state index in [0.717, 1.165) is 25.5 Å². The Kier molecular flexibility index (Phi) is 4.28. The van der Waals surface area contributed by atoms with Crippen LogP contribution in [-0.4, -0.2) is 30.1 Å². The van der Waals surface area contributed by atoms with Crippen LogP contribution in [0.15, 0.2) is 18.2 Å². The van der Waals surface area contributed by atoms with Gasteiger partial charge in [0.25, 0.3) is 5.91 Å². The number of rotatable bonds is 3. The van der Waals surface area contributed by atoms with Crippen LogP contribution in [0.3, 0.4) is 0 Å². The van der Waals surface area contributed by atoms with Crippen molar-refractivity contribution in [3.05, 3.63) is 29.6 Å². The molecule has 1 amide bonds. The Hall–Kier alpha value is -1.62. The molecule has 1 aromatic carbocycles. The largest absolute Gasteiger partial charge is 0.508 e. The van der Waals surface area contributed by atoms with Gasteiger partial charge in [0.2, 0.25) is 0 Å². The summed E-state index contributed by atoms with van der Waals surface area (Å²) in [5.74, 6) is -1.35. The smallest absolute Gasteiger partial charge is 0.254 e. The molecule has 20 heavy (non-hydrogen) atoms. The number of benzene rings is 1. The van der Waals surface area contributed by atoms with Crippen LogP contribution in [0.1, 0.15) is 37.0 Å². The summed E-state index contributed by atoms with van der Waals surface area (Å²) < 4.78 is 13.6. The number of carbonyl (C=O) groups is 1. The molecule has 2 rings (SSSR count).